The number of thiazole rings is 1. The standard InChI is InChI=1S/C12H7BrClN3O3S/c13-6-9-11(15-12-16(9)3-4-21-12)20-10-5-7(17(18)19)1-2-8(10)14/h1-5H,6H2. The van der Waals surface area contributed by atoms with E-state index >= 15 is 0 Å². The third-order valence-electron chi connectivity index (χ3n) is 2.78. The van der Waals surface area contributed by atoms with E-state index in [0.29, 0.717) is 11.2 Å². The predicted molar refractivity (Wildman–Crippen MR) is 83.9 cm³/mol. The zero-order valence-corrected chi connectivity index (χ0v) is 13.5. The lowest BCUT2D eigenvalue weighted by Crippen LogP contribution is -1.93. The van der Waals surface area contributed by atoms with Gasteiger partial charge in [-0.1, -0.05) is 27.5 Å². The quantitative estimate of drug-likeness (QED) is 0.371. The van der Waals surface area contributed by atoms with Crippen LogP contribution in [0.1, 0.15) is 5.69 Å². The summed E-state index contributed by atoms with van der Waals surface area (Å²) in [5, 5.41) is 13.6. The Balaban J connectivity index is 2.03. The molecule has 2 heterocycles. The molecule has 0 spiro atoms. The van der Waals surface area contributed by atoms with Gasteiger partial charge in [0.05, 0.1) is 21.7 Å². The van der Waals surface area contributed by atoms with Gasteiger partial charge in [-0.2, -0.15) is 4.98 Å². The minimum Gasteiger partial charge on any atom is -0.435 e. The number of aromatic nitrogens is 2. The van der Waals surface area contributed by atoms with Crippen molar-refractivity contribution in [1.82, 2.24) is 9.38 Å². The van der Waals surface area contributed by atoms with Crippen molar-refractivity contribution in [2.75, 3.05) is 0 Å². The van der Waals surface area contributed by atoms with E-state index in [-0.39, 0.29) is 16.5 Å². The van der Waals surface area contributed by atoms with E-state index in [1.165, 1.54) is 29.5 Å². The number of nitrogens with zero attached hydrogens (tertiary/aromatic N) is 3. The van der Waals surface area contributed by atoms with Crippen molar-refractivity contribution in [2.45, 2.75) is 5.33 Å². The van der Waals surface area contributed by atoms with Gasteiger partial charge in [0, 0.05) is 23.0 Å². The number of halogens is 2. The van der Waals surface area contributed by atoms with Gasteiger partial charge in [-0.15, -0.1) is 11.3 Å². The minimum atomic E-state index is -0.500. The normalized spacial score (nSPS) is 11.0. The van der Waals surface area contributed by atoms with Gasteiger partial charge >= 0.3 is 0 Å². The summed E-state index contributed by atoms with van der Waals surface area (Å²) in [5.41, 5.74) is 0.727. The summed E-state index contributed by atoms with van der Waals surface area (Å²) < 4.78 is 7.56. The number of ether oxygens (including phenoxy) is 1. The van der Waals surface area contributed by atoms with Crippen LogP contribution < -0.4 is 4.74 Å². The molecular weight excluding hydrogens is 382 g/mol. The molecule has 0 radical (unpaired) electrons. The Labute approximate surface area is 136 Å². The van der Waals surface area contributed by atoms with Gasteiger partial charge < -0.3 is 4.74 Å². The molecule has 3 rings (SSSR count). The van der Waals surface area contributed by atoms with Crippen molar-refractivity contribution in [2.24, 2.45) is 0 Å². The Morgan fingerprint density at radius 2 is 2.33 bits per heavy atom. The fourth-order valence-electron chi connectivity index (χ4n) is 1.80. The first-order valence-electron chi connectivity index (χ1n) is 5.72. The van der Waals surface area contributed by atoms with Crippen LogP contribution in [0, 0.1) is 10.1 Å². The topological polar surface area (TPSA) is 69.7 Å². The average molecular weight is 389 g/mol. The number of rotatable bonds is 4. The maximum absolute atomic E-state index is 10.8. The molecule has 0 saturated carbocycles. The first-order valence-corrected chi connectivity index (χ1v) is 8.10. The Kier molecular flexibility index (Phi) is 3.83. The molecule has 3 aromatic rings. The molecule has 6 nitrogen and oxygen atoms in total. The molecule has 0 aliphatic carbocycles. The zero-order valence-electron chi connectivity index (χ0n) is 10.3. The fourth-order valence-corrected chi connectivity index (χ4v) is 3.19. The lowest BCUT2D eigenvalue weighted by molar-refractivity contribution is -0.384. The molecule has 0 aliphatic heterocycles. The second-order valence-corrected chi connectivity index (χ2v) is 5.87. The Morgan fingerprint density at radius 3 is 3.05 bits per heavy atom. The van der Waals surface area contributed by atoms with E-state index in [1.54, 1.807) is 0 Å². The van der Waals surface area contributed by atoms with Gasteiger partial charge in [-0.05, 0) is 6.07 Å². The lowest BCUT2D eigenvalue weighted by Gasteiger charge is -2.06. The lowest BCUT2D eigenvalue weighted by atomic mass is 10.3. The van der Waals surface area contributed by atoms with E-state index in [9.17, 15) is 10.1 Å². The highest BCUT2D eigenvalue weighted by atomic mass is 79.9. The van der Waals surface area contributed by atoms with Crippen LogP contribution in [0.2, 0.25) is 5.02 Å². The summed E-state index contributed by atoms with van der Waals surface area (Å²) in [6.45, 7) is 0. The Bertz CT molecular complexity index is 832. The first-order chi connectivity index (χ1) is 10.1. The molecule has 2 aromatic heterocycles. The second-order valence-electron chi connectivity index (χ2n) is 4.03. The summed E-state index contributed by atoms with van der Waals surface area (Å²) in [6, 6.07) is 4.04. The Morgan fingerprint density at radius 1 is 1.52 bits per heavy atom. The summed E-state index contributed by atoms with van der Waals surface area (Å²) in [5.74, 6) is 0.583. The van der Waals surface area contributed by atoms with Crippen molar-refractivity contribution in [3.8, 4) is 11.6 Å². The summed E-state index contributed by atoms with van der Waals surface area (Å²) in [6.07, 6.45) is 1.88. The van der Waals surface area contributed by atoms with Crippen LogP contribution in [0.3, 0.4) is 0 Å². The van der Waals surface area contributed by atoms with Crippen molar-refractivity contribution in [1.29, 1.82) is 0 Å². The third-order valence-corrected chi connectivity index (χ3v) is 4.38. The van der Waals surface area contributed by atoms with Crippen molar-refractivity contribution < 1.29 is 9.66 Å². The van der Waals surface area contributed by atoms with Gasteiger partial charge in [-0.3, -0.25) is 14.5 Å². The van der Waals surface area contributed by atoms with E-state index in [2.05, 4.69) is 20.9 Å². The number of non-ortho nitro benzene ring substituents is 1. The molecule has 9 heteroatoms. The van der Waals surface area contributed by atoms with Crippen LogP contribution in [0.5, 0.6) is 11.6 Å². The number of benzene rings is 1. The SMILES string of the molecule is O=[N+]([O-])c1ccc(Cl)c(Oc2nc3sccn3c2CBr)c1. The fraction of sp³-hybridized carbons (Fsp3) is 0.0833. The van der Waals surface area contributed by atoms with Crippen LogP contribution in [-0.4, -0.2) is 14.3 Å². The predicted octanol–water partition coefficient (Wildman–Crippen LogP) is 4.64. The maximum Gasteiger partial charge on any atom is 0.273 e. The number of fused-ring (bicyclic) bond motifs is 1. The number of hydrogen-bond acceptors (Lipinski definition) is 5. The van der Waals surface area contributed by atoms with Crippen molar-refractivity contribution >= 4 is 49.5 Å². The highest BCUT2D eigenvalue weighted by molar-refractivity contribution is 9.08. The maximum atomic E-state index is 10.8. The number of alkyl halides is 1. The molecule has 0 atom stereocenters. The van der Waals surface area contributed by atoms with Crippen LogP contribution in [-0.2, 0) is 5.33 Å². The monoisotopic (exact) mass is 387 g/mol. The smallest absolute Gasteiger partial charge is 0.273 e. The minimum absolute atomic E-state index is 0.0872. The average Bonchev–Trinajstić information content (AvgIpc) is 3.01. The summed E-state index contributed by atoms with van der Waals surface area (Å²) >= 11 is 10.9. The molecule has 21 heavy (non-hydrogen) atoms. The number of hydrogen-bond donors (Lipinski definition) is 0. The molecule has 0 unspecified atom stereocenters. The number of nitro benzene ring substituents is 1. The van der Waals surface area contributed by atoms with Gasteiger partial charge in [-0.25, -0.2) is 0 Å². The molecule has 0 saturated heterocycles. The number of nitro groups is 1. The van der Waals surface area contributed by atoms with E-state index in [0.717, 1.165) is 10.7 Å². The second kappa shape index (κ2) is 5.63. The van der Waals surface area contributed by atoms with Crippen molar-refractivity contribution in [3.63, 3.8) is 0 Å². The zero-order chi connectivity index (χ0) is 15.0. The third kappa shape index (κ3) is 2.61. The number of imidazole rings is 1. The molecule has 1 aromatic carbocycles. The summed E-state index contributed by atoms with van der Waals surface area (Å²) in [4.78, 5) is 15.5. The van der Waals surface area contributed by atoms with Gasteiger partial charge in [0.2, 0.25) is 5.88 Å². The first kappa shape index (κ1) is 14.3. The molecule has 0 bridgehead atoms. The van der Waals surface area contributed by atoms with E-state index in [1.807, 2.05) is 16.0 Å². The van der Waals surface area contributed by atoms with E-state index < -0.39 is 4.92 Å². The highest BCUT2D eigenvalue weighted by Crippen LogP contribution is 2.35. The van der Waals surface area contributed by atoms with Crippen LogP contribution in [0.4, 0.5) is 5.69 Å². The molecule has 0 fully saturated rings. The van der Waals surface area contributed by atoms with Crippen molar-refractivity contribution in [3.05, 3.63) is 50.6 Å². The Hall–Kier alpha value is -1.64. The van der Waals surface area contributed by atoms with E-state index in [4.69, 9.17) is 16.3 Å². The molecule has 108 valence electrons. The highest BCUT2D eigenvalue weighted by Gasteiger charge is 2.17. The van der Waals surface area contributed by atoms with Gasteiger partial charge in [0.1, 0.15) is 0 Å². The van der Waals surface area contributed by atoms with Crippen LogP contribution in [0.25, 0.3) is 4.96 Å². The van der Waals surface area contributed by atoms with Crippen LogP contribution in [0.15, 0.2) is 29.8 Å². The molecule has 0 amide bonds. The summed E-state index contributed by atoms with van der Waals surface area (Å²) in [7, 11) is 0. The molecule has 0 aliphatic rings. The largest absolute Gasteiger partial charge is 0.435 e. The van der Waals surface area contributed by atoms with Gasteiger partial charge in [0.25, 0.3) is 5.69 Å². The molecule has 0 N–H and O–H groups in total. The van der Waals surface area contributed by atoms with Gasteiger partial charge in [0.15, 0.2) is 10.7 Å². The molecular formula is C12H7BrClN3O3S. The van der Waals surface area contributed by atoms with Crippen LogP contribution >= 0.6 is 38.9 Å².